The zero-order valence-electron chi connectivity index (χ0n) is 15.2. The van der Waals surface area contributed by atoms with Crippen molar-refractivity contribution in [3.05, 3.63) is 0 Å². The van der Waals surface area contributed by atoms with Crippen LogP contribution in [-0.2, 0) is 14.6 Å². The number of guanidine groups is 1. The molecule has 0 spiro atoms. The van der Waals surface area contributed by atoms with Gasteiger partial charge in [-0.2, -0.15) is 0 Å². The van der Waals surface area contributed by atoms with Gasteiger partial charge in [-0.3, -0.25) is 9.89 Å². The largest absolute Gasteiger partial charge is 0.381 e. The van der Waals surface area contributed by atoms with E-state index in [4.69, 9.17) is 4.74 Å². The number of rotatable bonds is 10. The van der Waals surface area contributed by atoms with Crippen LogP contribution >= 0.6 is 24.0 Å². The van der Waals surface area contributed by atoms with Crippen LogP contribution in [-0.4, -0.2) is 83.3 Å². The molecule has 2 aliphatic rings. The van der Waals surface area contributed by atoms with E-state index in [1.807, 2.05) is 6.92 Å². The molecule has 0 atom stereocenters. The average Bonchev–Trinajstić information content (AvgIpc) is 3.36. The van der Waals surface area contributed by atoms with E-state index in [1.165, 1.54) is 12.8 Å². The number of nitrogens with zero attached hydrogens (tertiary/aromatic N) is 2. The summed E-state index contributed by atoms with van der Waals surface area (Å²) in [5.74, 6) is 2.20. The van der Waals surface area contributed by atoms with Crippen LogP contribution in [0.5, 0.6) is 0 Å². The summed E-state index contributed by atoms with van der Waals surface area (Å²) in [6.07, 6.45) is 3.60. The summed E-state index contributed by atoms with van der Waals surface area (Å²) >= 11 is 0. The first kappa shape index (κ1) is 22.9. The van der Waals surface area contributed by atoms with E-state index in [-0.39, 0.29) is 35.5 Å². The molecule has 0 aromatic heterocycles. The Bertz CT molecular complexity index is 484. The summed E-state index contributed by atoms with van der Waals surface area (Å²) in [6, 6.07) is 0. The monoisotopic (exact) mass is 488 g/mol. The summed E-state index contributed by atoms with van der Waals surface area (Å²) < 4.78 is 28.4. The number of hydrogen-bond acceptors (Lipinski definition) is 5. The molecule has 0 aromatic rings. The number of aliphatic imine (C=N–C) groups is 1. The van der Waals surface area contributed by atoms with E-state index >= 15 is 0 Å². The Morgan fingerprint density at radius 2 is 1.96 bits per heavy atom. The third-order valence-electron chi connectivity index (χ3n) is 4.27. The Labute approximate surface area is 169 Å². The van der Waals surface area contributed by atoms with Crippen LogP contribution in [0.2, 0.25) is 0 Å². The van der Waals surface area contributed by atoms with Gasteiger partial charge in [0, 0.05) is 52.5 Å². The minimum absolute atomic E-state index is 0. The molecule has 1 saturated carbocycles. The number of nitrogens with one attached hydrogen (secondary N) is 2. The molecule has 9 heteroatoms. The van der Waals surface area contributed by atoms with Crippen molar-refractivity contribution in [1.82, 2.24) is 15.5 Å². The maximum atomic E-state index is 11.4. The van der Waals surface area contributed by atoms with Gasteiger partial charge >= 0.3 is 0 Å². The van der Waals surface area contributed by atoms with E-state index in [0.717, 1.165) is 57.7 Å². The lowest BCUT2D eigenvalue weighted by Crippen LogP contribution is -2.46. The molecule has 1 saturated heterocycles. The van der Waals surface area contributed by atoms with Gasteiger partial charge in [0.05, 0.1) is 11.5 Å². The zero-order valence-corrected chi connectivity index (χ0v) is 18.4. The lowest BCUT2D eigenvalue weighted by atomic mass is 10.4. The Morgan fingerprint density at radius 1 is 1.24 bits per heavy atom. The molecule has 2 N–H and O–H groups in total. The highest BCUT2D eigenvalue weighted by molar-refractivity contribution is 14.0. The normalized spacial score (nSPS) is 20.8. The molecule has 1 heterocycles. The van der Waals surface area contributed by atoms with E-state index in [0.29, 0.717) is 13.1 Å². The van der Waals surface area contributed by atoms with Crippen molar-refractivity contribution in [3.8, 4) is 0 Å². The van der Waals surface area contributed by atoms with Gasteiger partial charge in [0.1, 0.15) is 0 Å². The Morgan fingerprint density at radius 3 is 2.60 bits per heavy atom. The van der Waals surface area contributed by atoms with Gasteiger partial charge in [0.25, 0.3) is 0 Å². The van der Waals surface area contributed by atoms with Crippen LogP contribution in [0.15, 0.2) is 4.99 Å². The van der Waals surface area contributed by atoms with Gasteiger partial charge < -0.3 is 15.4 Å². The van der Waals surface area contributed by atoms with E-state index in [2.05, 4.69) is 20.5 Å². The highest BCUT2D eigenvalue weighted by Gasteiger charge is 2.21. The van der Waals surface area contributed by atoms with Crippen molar-refractivity contribution in [2.75, 3.05) is 64.0 Å². The standard InChI is InChI=1S/C16H32N4O3S.HI/c1-2-17-16(18-6-3-11-23-14-15-4-5-15)19-7-8-20-9-12-24(21,22)13-10-20;/h15H,2-14H2,1H3,(H2,17,18,19);1H. The highest BCUT2D eigenvalue weighted by Crippen LogP contribution is 2.28. The van der Waals surface area contributed by atoms with Crippen molar-refractivity contribution in [1.29, 1.82) is 0 Å². The third-order valence-corrected chi connectivity index (χ3v) is 5.88. The van der Waals surface area contributed by atoms with Gasteiger partial charge in [0.2, 0.25) is 0 Å². The Hall–Kier alpha value is -0.130. The van der Waals surface area contributed by atoms with Crippen LogP contribution < -0.4 is 10.6 Å². The van der Waals surface area contributed by atoms with Crippen LogP contribution in [0.1, 0.15) is 26.2 Å². The predicted octanol–water partition coefficient (Wildman–Crippen LogP) is 0.707. The second-order valence-corrected chi connectivity index (χ2v) is 8.86. The summed E-state index contributed by atoms with van der Waals surface area (Å²) in [7, 11) is -2.80. The zero-order chi connectivity index (χ0) is 17.3. The SMILES string of the molecule is CCNC(=NCCCOCC1CC1)NCCN1CCS(=O)(=O)CC1.I. The van der Waals surface area contributed by atoms with Crippen LogP contribution in [0, 0.1) is 5.92 Å². The fraction of sp³-hybridized carbons (Fsp3) is 0.938. The fourth-order valence-electron chi connectivity index (χ4n) is 2.54. The molecule has 2 fully saturated rings. The van der Waals surface area contributed by atoms with Gasteiger partial charge in [0.15, 0.2) is 15.8 Å². The summed E-state index contributed by atoms with van der Waals surface area (Å²) in [5, 5.41) is 6.55. The molecule has 7 nitrogen and oxygen atoms in total. The Balaban J connectivity index is 0.00000312. The lowest BCUT2D eigenvalue weighted by Gasteiger charge is -2.26. The molecule has 25 heavy (non-hydrogen) atoms. The molecule has 0 amide bonds. The first-order valence-electron chi connectivity index (χ1n) is 9.12. The summed E-state index contributed by atoms with van der Waals surface area (Å²) in [4.78, 5) is 6.74. The quantitative estimate of drug-likeness (QED) is 0.204. The molecule has 0 bridgehead atoms. The molecule has 2 rings (SSSR count). The number of hydrogen-bond donors (Lipinski definition) is 2. The van der Waals surface area contributed by atoms with E-state index in [9.17, 15) is 8.42 Å². The van der Waals surface area contributed by atoms with E-state index < -0.39 is 9.84 Å². The molecule has 148 valence electrons. The second kappa shape index (κ2) is 12.3. The smallest absolute Gasteiger partial charge is 0.191 e. The van der Waals surface area contributed by atoms with Gasteiger partial charge in [-0.25, -0.2) is 8.42 Å². The molecule has 1 aliphatic heterocycles. The van der Waals surface area contributed by atoms with Crippen molar-refractivity contribution >= 4 is 39.8 Å². The van der Waals surface area contributed by atoms with Gasteiger partial charge in [-0.15, -0.1) is 24.0 Å². The molecule has 0 unspecified atom stereocenters. The predicted molar refractivity (Wildman–Crippen MR) is 113 cm³/mol. The first-order chi connectivity index (χ1) is 11.6. The van der Waals surface area contributed by atoms with Gasteiger partial charge in [-0.1, -0.05) is 0 Å². The van der Waals surface area contributed by atoms with Crippen molar-refractivity contribution in [2.24, 2.45) is 10.9 Å². The molecular formula is C16H33IN4O3S. The van der Waals surface area contributed by atoms with Crippen LogP contribution in [0.3, 0.4) is 0 Å². The van der Waals surface area contributed by atoms with Crippen LogP contribution in [0.4, 0.5) is 0 Å². The third kappa shape index (κ3) is 10.6. The highest BCUT2D eigenvalue weighted by atomic mass is 127. The second-order valence-electron chi connectivity index (χ2n) is 6.55. The first-order valence-corrected chi connectivity index (χ1v) is 10.9. The molecule has 0 radical (unpaired) electrons. The summed E-state index contributed by atoms with van der Waals surface area (Å²) in [6.45, 7) is 8.19. The number of ether oxygens (including phenoxy) is 1. The Kier molecular flexibility index (Phi) is 11.3. The van der Waals surface area contributed by atoms with E-state index in [1.54, 1.807) is 0 Å². The molecule has 0 aromatic carbocycles. The summed E-state index contributed by atoms with van der Waals surface area (Å²) in [5.41, 5.74) is 0. The minimum atomic E-state index is -2.80. The van der Waals surface area contributed by atoms with Crippen molar-refractivity contribution in [2.45, 2.75) is 26.2 Å². The molecule has 1 aliphatic carbocycles. The fourth-order valence-corrected chi connectivity index (χ4v) is 3.82. The maximum Gasteiger partial charge on any atom is 0.191 e. The number of halogens is 1. The maximum absolute atomic E-state index is 11.4. The minimum Gasteiger partial charge on any atom is -0.381 e. The topological polar surface area (TPSA) is 83.0 Å². The van der Waals surface area contributed by atoms with Crippen LogP contribution in [0.25, 0.3) is 0 Å². The van der Waals surface area contributed by atoms with Gasteiger partial charge in [-0.05, 0) is 32.1 Å². The molecular weight excluding hydrogens is 455 g/mol. The lowest BCUT2D eigenvalue weighted by molar-refractivity contribution is 0.123. The average molecular weight is 488 g/mol. The van der Waals surface area contributed by atoms with Crippen molar-refractivity contribution in [3.63, 3.8) is 0 Å². The van der Waals surface area contributed by atoms with Crippen molar-refractivity contribution < 1.29 is 13.2 Å². The number of sulfone groups is 1.